The molecule has 1 aliphatic heterocycles. The van der Waals surface area contributed by atoms with E-state index in [0.717, 1.165) is 19.6 Å². The van der Waals surface area contributed by atoms with Crippen molar-refractivity contribution in [1.29, 1.82) is 0 Å². The van der Waals surface area contributed by atoms with E-state index in [-0.39, 0.29) is 0 Å². The number of hydrogen-bond donors (Lipinski definition) is 1. The van der Waals surface area contributed by atoms with Crippen molar-refractivity contribution in [3.63, 3.8) is 0 Å². The predicted molar refractivity (Wildman–Crippen MR) is 66.5 cm³/mol. The van der Waals surface area contributed by atoms with Crippen molar-refractivity contribution in [2.45, 2.75) is 33.4 Å². The quantitative estimate of drug-likeness (QED) is 0.828. The van der Waals surface area contributed by atoms with Crippen LogP contribution in [-0.4, -0.2) is 30.6 Å². The Balaban J connectivity index is 2.01. The van der Waals surface area contributed by atoms with Gasteiger partial charge < -0.3 is 5.32 Å². The number of rotatable bonds is 2. The minimum absolute atomic E-state index is 0.668. The van der Waals surface area contributed by atoms with E-state index < -0.39 is 0 Å². The van der Waals surface area contributed by atoms with Gasteiger partial charge in [-0.2, -0.15) is 0 Å². The second kappa shape index (κ2) is 4.64. The molecule has 2 heterocycles. The maximum atomic E-state index is 3.43. The highest BCUT2D eigenvalue weighted by Crippen LogP contribution is 2.22. The highest BCUT2D eigenvalue weighted by molar-refractivity contribution is 7.12. The summed E-state index contributed by atoms with van der Waals surface area (Å²) in [5.41, 5.74) is 1.44. The largest absolute Gasteiger partial charge is 0.314 e. The number of piperazine rings is 1. The zero-order valence-corrected chi connectivity index (χ0v) is 10.7. The smallest absolute Gasteiger partial charge is 0.0332 e. The monoisotopic (exact) mass is 224 g/mol. The SMILES string of the molecule is Cc1cc(CN2CCNCC2C)sc1C. The molecular weight excluding hydrogens is 204 g/mol. The molecule has 2 rings (SSSR count). The molecule has 1 aromatic rings. The van der Waals surface area contributed by atoms with E-state index in [2.05, 4.69) is 37.1 Å². The average Bonchev–Trinajstić information content (AvgIpc) is 2.50. The molecule has 1 N–H and O–H groups in total. The van der Waals surface area contributed by atoms with Crippen molar-refractivity contribution in [2.75, 3.05) is 19.6 Å². The molecular formula is C12H20N2S. The van der Waals surface area contributed by atoms with Crippen molar-refractivity contribution in [3.05, 3.63) is 21.4 Å². The van der Waals surface area contributed by atoms with Gasteiger partial charge in [-0.05, 0) is 32.4 Å². The lowest BCUT2D eigenvalue weighted by Gasteiger charge is -2.33. The zero-order chi connectivity index (χ0) is 10.8. The summed E-state index contributed by atoms with van der Waals surface area (Å²) in [6, 6.07) is 3.01. The molecule has 0 radical (unpaired) electrons. The van der Waals surface area contributed by atoms with Crippen molar-refractivity contribution < 1.29 is 0 Å². The fourth-order valence-electron chi connectivity index (χ4n) is 2.05. The van der Waals surface area contributed by atoms with Gasteiger partial charge in [-0.1, -0.05) is 0 Å². The number of aryl methyl sites for hydroxylation is 2. The van der Waals surface area contributed by atoms with Crippen molar-refractivity contribution >= 4 is 11.3 Å². The van der Waals surface area contributed by atoms with Crippen molar-refractivity contribution in [1.82, 2.24) is 10.2 Å². The van der Waals surface area contributed by atoms with Crippen molar-refractivity contribution in [3.8, 4) is 0 Å². The summed E-state index contributed by atoms with van der Waals surface area (Å²) < 4.78 is 0. The lowest BCUT2D eigenvalue weighted by molar-refractivity contribution is 0.167. The molecule has 0 aliphatic carbocycles. The first-order valence-electron chi connectivity index (χ1n) is 5.67. The summed E-state index contributed by atoms with van der Waals surface area (Å²) in [5.74, 6) is 0. The predicted octanol–water partition coefficient (Wildman–Crippen LogP) is 2.16. The number of nitrogens with one attached hydrogen (secondary N) is 1. The van der Waals surface area contributed by atoms with Gasteiger partial charge in [0, 0.05) is 42.0 Å². The maximum absolute atomic E-state index is 3.43. The van der Waals surface area contributed by atoms with Crippen LogP contribution >= 0.6 is 11.3 Å². The van der Waals surface area contributed by atoms with Crippen LogP contribution in [-0.2, 0) is 6.54 Å². The first-order valence-corrected chi connectivity index (χ1v) is 6.49. The fraction of sp³-hybridized carbons (Fsp3) is 0.667. The van der Waals surface area contributed by atoms with Crippen LogP contribution in [0.3, 0.4) is 0 Å². The van der Waals surface area contributed by atoms with Gasteiger partial charge in [0.25, 0.3) is 0 Å². The van der Waals surface area contributed by atoms with Gasteiger partial charge in [0.1, 0.15) is 0 Å². The molecule has 3 heteroatoms. The summed E-state index contributed by atoms with van der Waals surface area (Å²) in [6.45, 7) is 11.3. The zero-order valence-electron chi connectivity index (χ0n) is 9.84. The average molecular weight is 224 g/mol. The van der Waals surface area contributed by atoms with Crippen LogP contribution in [0, 0.1) is 13.8 Å². The topological polar surface area (TPSA) is 15.3 Å². The van der Waals surface area contributed by atoms with E-state index in [1.807, 2.05) is 11.3 Å². The first kappa shape index (κ1) is 11.1. The molecule has 1 saturated heterocycles. The Morgan fingerprint density at radius 2 is 2.33 bits per heavy atom. The number of nitrogens with zero attached hydrogens (tertiary/aromatic N) is 1. The third kappa shape index (κ3) is 2.60. The molecule has 1 aromatic heterocycles. The molecule has 0 amide bonds. The Kier molecular flexibility index (Phi) is 3.44. The highest BCUT2D eigenvalue weighted by Gasteiger charge is 2.18. The van der Waals surface area contributed by atoms with E-state index in [9.17, 15) is 0 Å². The summed E-state index contributed by atoms with van der Waals surface area (Å²) >= 11 is 1.95. The second-order valence-electron chi connectivity index (χ2n) is 4.48. The maximum Gasteiger partial charge on any atom is 0.0332 e. The minimum Gasteiger partial charge on any atom is -0.314 e. The van der Waals surface area contributed by atoms with Gasteiger partial charge in [0.15, 0.2) is 0 Å². The van der Waals surface area contributed by atoms with Crippen LogP contribution in [0.1, 0.15) is 22.2 Å². The molecule has 0 spiro atoms. The van der Waals surface area contributed by atoms with Crippen LogP contribution in [0.25, 0.3) is 0 Å². The molecule has 0 bridgehead atoms. The van der Waals surface area contributed by atoms with Crippen LogP contribution < -0.4 is 5.32 Å². The van der Waals surface area contributed by atoms with E-state index >= 15 is 0 Å². The molecule has 1 aliphatic rings. The van der Waals surface area contributed by atoms with E-state index in [1.54, 1.807) is 0 Å². The first-order chi connectivity index (χ1) is 7.16. The Hall–Kier alpha value is -0.380. The van der Waals surface area contributed by atoms with Gasteiger partial charge in [0.2, 0.25) is 0 Å². The van der Waals surface area contributed by atoms with Crippen LogP contribution in [0.15, 0.2) is 6.07 Å². The molecule has 1 unspecified atom stereocenters. The Morgan fingerprint density at radius 3 is 2.93 bits per heavy atom. The Bertz CT molecular complexity index is 313. The molecule has 84 valence electrons. The number of hydrogen-bond acceptors (Lipinski definition) is 3. The molecule has 1 fully saturated rings. The van der Waals surface area contributed by atoms with E-state index in [4.69, 9.17) is 0 Å². The lowest BCUT2D eigenvalue weighted by Crippen LogP contribution is -2.49. The van der Waals surface area contributed by atoms with Crippen LogP contribution in [0.2, 0.25) is 0 Å². The minimum atomic E-state index is 0.668. The van der Waals surface area contributed by atoms with Gasteiger partial charge in [-0.3, -0.25) is 4.90 Å². The fourth-order valence-corrected chi connectivity index (χ4v) is 3.13. The molecule has 0 aromatic carbocycles. The van der Waals surface area contributed by atoms with Crippen LogP contribution in [0.5, 0.6) is 0 Å². The normalized spacial score (nSPS) is 23.3. The Labute approximate surface area is 96.3 Å². The standard InChI is InChI=1S/C12H20N2S/c1-9-6-12(15-11(9)3)8-14-5-4-13-7-10(14)2/h6,10,13H,4-5,7-8H2,1-3H3. The molecule has 0 saturated carbocycles. The van der Waals surface area contributed by atoms with Crippen LogP contribution in [0.4, 0.5) is 0 Å². The highest BCUT2D eigenvalue weighted by atomic mass is 32.1. The summed E-state index contributed by atoms with van der Waals surface area (Å²) in [4.78, 5) is 5.55. The Morgan fingerprint density at radius 1 is 1.53 bits per heavy atom. The van der Waals surface area contributed by atoms with Gasteiger partial charge in [-0.15, -0.1) is 11.3 Å². The van der Waals surface area contributed by atoms with Gasteiger partial charge in [-0.25, -0.2) is 0 Å². The molecule has 2 nitrogen and oxygen atoms in total. The third-order valence-corrected chi connectivity index (χ3v) is 4.35. The van der Waals surface area contributed by atoms with E-state index in [0.29, 0.717) is 6.04 Å². The summed E-state index contributed by atoms with van der Waals surface area (Å²) in [5, 5.41) is 3.43. The lowest BCUT2D eigenvalue weighted by atomic mass is 10.2. The number of thiophene rings is 1. The summed E-state index contributed by atoms with van der Waals surface area (Å²) in [6.07, 6.45) is 0. The van der Waals surface area contributed by atoms with Gasteiger partial charge in [0.05, 0.1) is 0 Å². The van der Waals surface area contributed by atoms with Gasteiger partial charge >= 0.3 is 0 Å². The van der Waals surface area contributed by atoms with E-state index in [1.165, 1.54) is 21.9 Å². The summed E-state index contributed by atoms with van der Waals surface area (Å²) in [7, 11) is 0. The molecule has 15 heavy (non-hydrogen) atoms. The second-order valence-corrected chi connectivity index (χ2v) is 5.82. The molecule has 1 atom stereocenters. The third-order valence-electron chi connectivity index (χ3n) is 3.21. The van der Waals surface area contributed by atoms with Crippen molar-refractivity contribution in [2.24, 2.45) is 0 Å².